The molecule has 1 aromatic heterocycles. The van der Waals surface area contributed by atoms with E-state index in [0.29, 0.717) is 0 Å². The molecule has 0 saturated heterocycles. The molecule has 2 N–H and O–H groups in total. The zero-order valence-corrected chi connectivity index (χ0v) is 13.8. The van der Waals surface area contributed by atoms with Gasteiger partial charge in [-0.3, -0.25) is 4.79 Å². The lowest BCUT2D eigenvalue weighted by Gasteiger charge is -2.10. The Bertz CT molecular complexity index is 826. The molecule has 3 nitrogen and oxygen atoms in total. The van der Waals surface area contributed by atoms with E-state index >= 15 is 0 Å². The van der Waals surface area contributed by atoms with Gasteiger partial charge in [-0.2, -0.15) is 0 Å². The number of hydrogen-bond acceptors (Lipinski definition) is 1. The number of aromatic nitrogens is 1. The predicted molar refractivity (Wildman–Crippen MR) is 94.5 cm³/mol. The molecular formula is C20H22N2O. The Labute approximate surface area is 136 Å². The maximum absolute atomic E-state index is 12.4. The largest absolute Gasteiger partial charge is 0.358 e. The first-order chi connectivity index (χ1) is 11.2. The lowest BCUT2D eigenvalue weighted by molar-refractivity contribution is -0.110. The normalized spacial score (nSPS) is 18.0. The van der Waals surface area contributed by atoms with E-state index in [1.54, 1.807) is 0 Å². The van der Waals surface area contributed by atoms with Gasteiger partial charge in [0.1, 0.15) is 0 Å². The third-order valence-electron chi connectivity index (χ3n) is 5.17. The first kappa shape index (κ1) is 14.3. The molecule has 1 aliphatic carbocycles. The highest BCUT2D eigenvalue weighted by Gasteiger charge is 2.25. The number of nitrogens with one attached hydrogen (secondary N) is 2. The van der Waals surface area contributed by atoms with Crippen LogP contribution in [0, 0.1) is 6.92 Å². The van der Waals surface area contributed by atoms with Crippen molar-refractivity contribution in [1.82, 2.24) is 4.98 Å². The van der Waals surface area contributed by atoms with Crippen molar-refractivity contribution < 1.29 is 4.79 Å². The predicted octanol–water partition coefficient (Wildman–Crippen LogP) is 4.26. The fourth-order valence-electron chi connectivity index (χ4n) is 3.76. The molecule has 2 aliphatic rings. The van der Waals surface area contributed by atoms with Crippen LogP contribution in [0.1, 0.15) is 53.4 Å². The maximum atomic E-state index is 12.4. The van der Waals surface area contributed by atoms with Crippen LogP contribution in [0.25, 0.3) is 11.6 Å². The molecule has 0 bridgehead atoms. The number of amides is 1. The fraction of sp³-hybridized carbons (Fsp3) is 0.350. The van der Waals surface area contributed by atoms with E-state index in [4.69, 9.17) is 0 Å². The van der Waals surface area contributed by atoms with Gasteiger partial charge in [-0.1, -0.05) is 13.0 Å². The second-order valence-electron chi connectivity index (χ2n) is 6.57. The minimum Gasteiger partial charge on any atom is -0.358 e. The minimum atomic E-state index is 0.000208. The molecule has 2 aromatic rings. The summed E-state index contributed by atoms with van der Waals surface area (Å²) in [4.78, 5) is 15.9. The van der Waals surface area contributed by atoms with Gasteiger partial charge in [0.2, 0.25) is 0 Å². The zero-order chi connectivity index (χ0) is 16.0. The van der Waals surface area contributed by atoms with Crippen LogP contribution in [0.3, 0.4) is 0 Å². The van der Waals surface area contributed by atoms with E-state index in [2.05, 4.69) is 36.3 Å². The summed E-state index contributed by atoms with van der Waals surface area (Å²) in [6, 6.07) is 6.23. The van der Waals surface area contributed by atoms with E-state index in [1.165, 1.54) is 35.2 Å². The number of fused-ring (bicyclic) bond motifs is 2. The molecule has 2 heterocycles. The number of rotatable bonds is 2. The van der Waals surface area contributed by atoms with Crippen molar-refractivity contribution in [1.29, 1.82) is 0 Å². The molecule has 0 spiro atoms. The highest BCUT2D eigenvalue weighted by Crippen LogP contribution is 2.35. The van der Waals surface area contributed by atoms with Crippen LogP contribution >= 0.6 is 0 Å². The van der Waals surface area contributed by atoms with Crippen LogP contribution in [0.2, 0.25) is 0 Å². The first-order valence-corrected chi connectivity index (χ1v) is 8.54. The molecule has 1 aliphatic heterocycles. The second-order valence-corrected chi connectivity index (χ2v) is 6.57. The third-order valence-corrected chi connectivity index (χ3v) is 5.17. The number of benzene rings is 1. The molecule has 4 rings (SSSR count). The van der Waals surface area contributed by atoms with Crippen molar-refractivity contribution in [2.45, 2.75) is 46.0 Å². The molecule has 0 radical (unpaired) electrons. The van der Waals surface area contributed by atoms with E-state index < -0.39 is 0 Å². The number of H-pyrrole nitrogens is 1. The maximum Gasteiger partial charge on any atom is 0.256 e. The molecule has 3 heteroatoms. The second kappa shape index (κ2) is 5.41. The number of anilines is 1. The van der Waals surface area contributed by atoms with Crippen molar-refractivity contribution in [2.24, 2.45) is 0 Å². The van der Waals surface area contributed by atoms with Crippen molar-refractivity contribution in [3.05, 3.63) is 51.8 Å². The summed E-state index contributed by atoms with van der Waals surface area (Å²) in [6.07, 6.45) is 7.82. The summed E-state index contributed by atoms with van der Waals surface area (Å²) in [5.74, 6) is 0.000208. The Morgan fingerprint density at radius 3 is 2.83 bits per heavy atom. The van der Waals surface area contributed by atoms with Gasteiger partial charge < -0.3 is 10.3 Å². The Kier molecular flexibility index (Phi) is 3.37. The van der Waals surface area contributed by atoms with E-state index in [9.17, 15) is 4.79 Å². The summed E-state index contributed by atoms with van der Waals surface area (Å²) in [7, 11) is 0. The minimum absolute atomic E-state index is 0.000208. The van der Waals surface area contributed by atoms with E-state index in [0.717, 1.165) is 41.8 Å². The summed E-state index contributed by atoms with van der Waals surface area (Å²) in [5, 5.41) is 2.98. The molecule has 23 heavy (non-hydrogen) atoms. The standard InChI is InChI=1S/C20H22N2O/c1-3-13-8-9-18-15(10-13)16(20(23)22-18)11-19-12(2)14-6-4-5-7-17(14)21-19/h8-11,21H,3-7H2,1-2H3,(H,22,23). The number of hydrogen-bond donors (Lipinski definition) is 2. The van der Waals surface area contributed by atoms with Gasteiger partial charge in [0.05, 0.1) is 5.57 Å². The average Bonchev–Trinajstić information content (AvgIpc) is 3.05. The number of carbonyl (C=O) groups is 1. The Morgan fingerprint density at radius 2 is 2.04 bits per heavy atom. The summed E-state index contributed by atoms with van der Waals surface area (Å²) < 4.78 is 0. The van der Waals surface area contributed by atoms with Crippen molar-refractivity contribution in [3.8, 4) is 0 Å². The molecule has 0 unspecified atom stereocenters. The zero-order valence-electron chi connectivity index (χ0n) is 13.8. The molecule has 1 amide bonds. The Morgan fingerprint density at radius 1 is 1.22 bits per heavy atom. The van der Waals surface area contributed by atoms with Crippen LogP contribution in [-0.2, 0) is 24.1 Å². The molecule has 118 valence electrons. The Hall–Kier alpha value is -2.29. The van der Waals surface area contributed by atoms with E-state index in [1.807, 2.05) is 12.1 Å². The van der Waals surface area contributed by atoms with Gasteiger partial charge in [0, 0.05) is 22.6 Å². The van der Waals surface area contributed by atoms with Gasteiger partial charge in [0.25, 0.3) is 5.91 Å². The van der Waals surface area contributed by atoms with Crippen LogP contribution in [-0.4, -0.2) is 10.9 Å². The highest BCUT2D eigenvalue weighted by atomic mass is 16.2. The summed E-state index contributed by atoms with van der Waals surface area (Å²) >= 11 is 0. The fourth-order valence-corrected chi connectivity index (χ4v) is 3.76. The van der Waals surface area contributed by atoms with Gasteiger partial charge in [-0.25, -0.2) is 0 Å². The molecule has 0 saturated carbocycles. The molecule has 0 atom stereocenters. The lowest BCUT2D eigenvalue weighted by atomic mass is 9.94. The van der Waals surface area contributed by atoms with Crippen molar-refractivity contribution in [2.75, 3.05) is 5.32 Å². The molecule has 0 fully saturated rings. The van der Waals surface area contributed by atoms with Crippen LogP contribution in [0.15, 0.2) is 18.2 Å². The number of aromatic amines is 1. The van der Waals surface area contributed by atoms with Gasteiger partial charge in [-0.15, -0.1) is 0 Å². The third kappa shape index (κ3) is 2.31. The number of carbonyl (C=O) groups excluding carboxylic acids is 1. The van der Waals surface area contributed by atoms with Crippen LogP contribution in [0.5, 0.6) is 0 Å². The smallest absolute Gasteiger partial charge is 0.256 e. The Balaban J connectivity index is 1.81. The van der Waals surface area contributed by atoms with Crippen LogP contribution in [0.4, 0.5) is 5.69 Å². The summed E-state index contributed by atoms with van der Waals surface area (Å²) in [6.45, 7) is 4.31. The molecular weight excluding hydrogens is 284 g/mol. The van der Waals surface area contributed by atoms with Crippen molar-refractivity contribution >= 4 is 23.2 Å². The lowest BCUT2D eigenvalue weighted by Crippen LogP contribution is -2.03. The summed E-state index contributed by atoms with van der Waals surface area (Å²) in [5.41, 5.74) is 9.21. The average molecular weight is 306 g/mol. The monoisotopic (exact) mass is 306 g/mol. The first-order valence-electron chi connectivity index (χ1n) is 8.54. The van der Waals surface area contributed by atoms with Gasteiger partial charge in [0.15, 0.2) is 0 Å². The number of aryl methyl sites for hydroxylation is 2. The topological polar surface area (TPSA) is 44.9 Å². The highest BCUT2D eigenvalue weighted by molar-refractivity contribution is 6.34. The van der Waals surface area contributed by atoms with Crippen molar-refractivity contribution in [3.63, 3.8) is 0 Å². The van der Waals surface area contributed by atoms with Gasteiger partial charge in [-0.05, 0) is 73.9 Å². The van der Waals surface area contributed by atoms with Crippen LogP contribution < -0.4 is 5.32 Å². The van der Waals surface area contributed by atoms with Gasteiger partial charge >= 0.3 is 0 Å². The SMILES string of the molecule is CCc1ccc2c(c1)C(=Cc1[nH]c3c(c1C)CCCC3)C(=O)N2. The molecule has 1 aromatic carbocycles. The van der Waals surface area contributed by atoms with E-state index in [-0.39, 0.29) is 5.91 Å². The quantitative estimate of drug-likeness (QED) is 0.800.